The molecule has 7 heteroatoms. The van der Waals surface area contributed by atoms with E-state index in [2.05, 4.69) is 20.7 Å². The van der Waals surface area contributed by atoms with Gasteiger partial charge in [-0.2, -0.15) is 0 Å². The average Bonchev–Trinajstić information content (AvgIpc) is 2.65. The van der Waals surface area contributed by atoms with E-state index in [4.69, 9.17) is 11.6 Å². The van der Waals surface area contributed by atoms with Gasteiger partial charge < -0.3 is 0 Å². The third kappa shape index (κ3) is 3.31. The Hall–Kier alpha value is -0.560. The molecule has 0 fully saturated rings. The van der Waals surface area contributed by atoms with Gasteiger partial charge in [0.1, 0.15) is 4.21 Å². The molecular formula is C12H11BrClNO2S2. The number of halogens is 2. The van der Waals surface area contributed by atoms with E-state index in [1.807, 2.05) is 19.1 Å². The standard InChI is InChI=1S/C12H11BrClNO2S2/c1-7-3-4-9(13)6-10(7)15-19(16,17)11-5-8(2)12(14)18-11/h3-6,15H,1-2H3. The molecule has 0 spiro atoms. The second-order valence-electron chi connectivity index (χ2n) is 4.09. The van der Waals surface area contributed by atoms with Crippen LogP contribution in [0, 0.1) is 13.8 Å². The molecule has 0 radical (unpaired) electrons. The number of anilines is 1. The van der Waals surface area contributed by atoms with Gasteiger partial charge in [-0.3, -0.25) is 4.72 Å². The predicted molar refractivity (Wildman–Crippen MR) is 83.8 cm³/mol. The molecule has 1 N–H and O–H groups in total. The van der Waals surface area contributed by atoms with Crippen molar-refractivity contribution in [2.45, 2.75) is 18.1 Å². The van der Waals surface area contributed by atoms with Crippen molar-refractivity contribution in [2.24, 2.45) is 0 Å². The lowest BCUT2D eigenvalue weighted by Gasteiger charge is -2.09. The van der Waals surface area contributed by atoms with Crippen molar-refractivity contribution in [1.82, 2.24) is 0 Å². The molecule has 0 amide bonds. The zero-order valence-electron chi connectivity index (χ0n) is 10.2. The molecule has 3 nitrogen and oxygen atoms in total. The van der Waals surface area contributed by atoms with Crippen LogP contribution in [-0.2, 0) is 10.0 Å². The van der Waals surface area contributed by atoms with Crippen LogP contribution in [0.5, 0.6) is 0 Å². The van der Waals surface area contributed by atoms with Gasteiger partial charge in [-0.15, -0.1) is 11.3 Å². The largest absolute Gasteiger partial charge is 0.279 e. The predicted octanol–water partition coefficient (Wildman–Crippen LogP) is 4.58. The number of nitrogens with one attached hydrogen (secondary N) is 1. The molecule has 1 heterocycles. The van der Waals surface area contributed by atoms with E-state index in [1.54, 1.807) is 19.1 Å². The third-order valence-electron chi connectivity index (χ3n) is 2.54. The highest BCUT2D eigenvalue weighted by Crippen LogP contribution is 2.32. The fraction of sp³-hybridized carbons (Fsp3) is 0.167. The average molecular weight is 381 g/mol. The Bertz CT molecular complexity index is 706. The minimum Gasteiger partial charge on any atom is -0.279 e. The molecule has 0 saturated carbocycles. The highest BCUT2D eigenvalue weighted by molar-refractivity contribution is 9.10. The summed E-state index contributed by atoms with van der Waals surface area (Å²) in [5.41, 5.74) is 2.17. The van der Waals surface area contributed by atoms with E-state index in [0.29, 0.717) is 10.0 Å². The highest BCUT2D eigenvalue weighted by Gasteiger charge is 2.19. The topological polar surface area (TPSA) is 46.2 Å². The van der Waals surface area contributed by atoms with Gasteiger partial charge >= 0.3 is 0 Å². The molecule has 0 aliphatic rings. The van der Waals surface area contributed by atoms with Gasteiger partial charge in [0, 0.05) is 4.47 Å². The van der Waals surface area contributed by atoms with Crippen LogP contribution in [0.4, 0.5) is 5.69 Å². The summed E-state index contributed by atoms with van der Waals surface area (Å²) in [5, 5.41) is 0. The lowest BCUT2D eigenvalue weighted by molar-refractivity contribution is 0.603. The van der Waals surface area contributed by atoms with Crippen molar-refractivity contribution < 1.29 is 8.42 Å². The SMILES string of the molecule is Cc1ccc(Br)cc1NS(=O)(=O)c1cc(C)c(Cl)s1. The summed E-state index contributed by atoms with van der Waals surface area (Å²) in [6, 6.07) is 7.01. The van der Waals surface area contributed by atoms with Crippen molar-refractivity contribution in [2.75, 3.05) is 4.72 Å². The quantitative estimate of drug-likeness (QED) is 0.847. The molecule has 102 valence electrons. The van der Waals surface area contributed by atoms with Crippen LogP contribution in [0.3, 0.4) is 0 Å². The molecular weight excluding hydrogens is 370 g/mol. The van der Waals surface area contributed by atoms with Gasteiger partial charge in [0.15, 0.2) is 0 Å². The Morgan fingerprint density at radius 3 is 2.47 bits per heavy atom. The van der Waals surface area contributed by atoms with E-state index in [-0.39, 0.29) is 4.21 Å². The summed E-state index contributed by atoms with van der Waals surface area (Å²) in [6.07, 6.45) is 0. The highest BCUT2D eigenvalue weighted by atomic mass is 79.9. The maximum atomic E-state index is 12.3. The fourth-order valence-electron chi connectivity index (χ4n) is 1.46. The summed E-state index contributed by atoms with van der Waals surface area (Å²) in [5.74, 6) is 0. The number of hydrogen-bond donors (Lipinski definition) is 1. The first kappa shape index (κ1) is 14.8. The zero-order chi connectivity index (χ0) is 14.2. The van der Waals surface area contributed by atoms with Gasteiger partial charge in [0.05, 0.1) is 10.0 Å². The Morgan fingerprint density at radius 1 is 1.21 bits per heavy atom. The van der Waals surface area contributed by atoms with Crippen LogP contribution in [0.2, 0.25) is 4.34 Å². The second kappa shape index (κ2) is 5.44. The lowest BCUT2D eigenvalue weighted by atomic mass is 10.2. The van der Waals surface area contributed by atoms with Gasteiger partial charge in [-0.05, 0) is 43.2 Å². The number of hydrogen-bond acceptors (Lipinski definition) is 3. The molecule has 0 aliphatic carbocycles. The Kier molecular flexibility index (Phi) is 4.25. The van der Waals surface area contributed by atoms with Crippen LogP contribution in [0.15, 0.2) is 32.9 Å². The first-order valence-corrected chi connectivity index (χ1v) is 8.81. The Labute approximate surface area is 129 Å². The molecule has 1 aromatic heterocycles. The minimum absolute atomic E-state index is 0.217. The van der Waals surface area contributed by atoms with Crippen molar-refractivity contribution >= 4 is 54.6 Å². The summed E-state index contributed by atoms with van der Waals surface area (Å²) >= 11 is 10.3. The molecule has 1 aromatic carbocycles. The van der Waals surface area contributed by atoms with E-state index < -0.39 is 10.0 Å². The first-order valence-electron chi connectivity index (χ1n) is 5.34. The number of benzene rings is 1. The van der Waals surface area contributed by atoms with Gasteiger partial charge in [-0.25, -0.2) is 8.42 Å². The number of rotatable bonds is 3. The molecule has 2 rings (SSSR count). The molecule has 0 bridgehead atoms. The number of thiophene rings is 1. The van der Waals surface area contributed by atoms with Crippen molar-refractivity contribution in [3.63, 3.8) is 0 Å². The number of aryl methyl sites for hydroxylation is 2. The summed E-state index contributed by atoms with van der Waals surface area (Å²) in [4.78, 5) is 0. The third-order valence-corrected chi connectivity index (χ3v) is 6.43. The molecule has 19 heavy (non-hydrogen) atoms. The van der Waals surface area contributed by atoms with Crippen molar-refractivity contribution in [1.29, 1.82) is 0 Å². The monoisotopic (exact) mass is 379 g/mol. The van der Waals surface area contributed by atoms with Crippen LogP contribution in [0.25, 0.3) is 0 Å². The van der Waals surface area contributed by atoms with Crippen LogP contribution < -0.4 is 4.72 Å². The van der Waals surface area contributed by atoms with Crippen LogP contribution in [-0.4, -0.2) is 8.42 Å². The Balaban J connectivity index is 2.39. The summed E-state index contributed by atoms with van der Waals surface area (Å²) in [6.45, 7) is 3.62. The number of sulfonamides is 1. The van der Waals surface area contributed by atoms with Crippen LogP contribution in [0.1, 0.15) is 11.1 Å². The summed E-state index contributed by atoms with van der Waals surface area (Å²) < 4.78 is 28.6. The van der Waals surface area contributed by atoms with E-state index in [0.717, 1.165) is 26.9 Å². The molecule has 0 saturated heterocycles. The van der Waals surface area contributed by atoms with Gasteiger partial charge in [0.25, 0.3) is 10.0 Å². The minimum atomic E-state index is -3.59. The van der Waals surface area contributed by atoms with Gasteiger partial charge in [0.2, 0.25) is 0 Å². The smallest absolute Gasteiger partial charge is 0.271 e. The first-order chi connectivity index (χ1) is 8.79. The summed E-state index contributed by atoms with van der Waals surface area (Å²) in [7, 11) is -3.59. The van der Waals surface area contributed by atoms with Crippen LogP contribution >= 0.6 is 38.9 Å². The maximum absolute atomic E-state index is 12.3. The Morgan fingerprint density at radius 2 is 1.89 bits per heavy atom. The molecule has 0 unspecified atom stereocenters. The molecule has 0 atom stereocenters. The van der Waals surface area contributed by atoms with Crippen molar-refractivity contribution in [3.8, 4) is 0 Å². The molecule has 0 aliphatic heterocycles. The maximum Gasteiger partial charge on any atom is 0.271 e. The fourth-order valence-corrected chi connectivity index (χ4v) is 4.65. The lowest BCUT2D eigenvalue weighted by Crippen LogP contribution is -2.12. The second-order valence-corrected chi connectivity index (χ2v) is 8.57. The van der Waals surface area contributed by atoms with E-state index in [1.165, 1.54) is 0 Å². The van der Waals surface area contributed by atoms with E-state index >= 15 is 0 Å². The van der Waals surface area contributed by atoms with Crippen molar-refractivity contribution in [3.05, 3.63) is 44.2 Å². The molecule has 2 aromatic rings. The normalized spacial score (nSPS) is 11.6. The van der Waals surface area contributed by atoms with E-state index in [9.17, 15) is 8.42 Å². The van der Waals surface area contributed by atoms with Gasteiger partial charge in [-0.1, -0.05) is 33.6 Å². The zero-order valence-corrected chi connectivity index (χ0v) is 14.2.